The number of rotatable bonds is 6. The molecular formula is C25H33N3O3S. The SMILES string of the molecule is O=C(NC1CCCCCC1)c1cccc(CN2CCN(S(=O)(=O)c3ccccc3)CC2)c1. The molecule has 1 N–H and O–H groups in total. The molecule has 0 radical (unpaired) electrons. The molecule has 1 saturated heterocycles. The minimum Gasteiger partial charge on any atom is -0.349 e. The van der Waals surface area contributed by atoms with Crippen LogP contribution in [-0.2, 0) is 16.6 Å². The first-order chi connectivity index (χ1) is 15.5. The van der Waals surface area contributed by atoms with Crippen LogP contribution in [0.25, 0.3) is 0 Å². The molecule has 4 rings (SSSR count). The maximum absolute atomic E-state index is 12.8. The van der Waals surface area contributed by atoms with Gasteiger partial charge in [-0.25, -0.2) is 8.42 Å². The third-order valence-electron chi connectivity index (χ3n) is 6.50. The van der Waals surface area contributed by atoms with Crippen LogP contribution in [0.3, 0.4) is 0 Å². The summed E-state index contributed by atoms with van der Waals surface area (Å²) in [5.74, 6) is 0.0116. The molecule has 2 aromatic rings. The summed E-state index contributed by atoms with van der Waals surface area (Å²) in [4.78, 5) is 15.4. The molecule has 1 heterocycles. The van der Waals surface area contributed by atoms with Gasteiger partial charge in [0, 0.05) is 44.3 Å². The van der Waals surface area contributed by atoms with Crippen molar-refractivity contribution in [3.63, 3.8) is 0 Å². The highest BCUT2D eigenvalue weighted by Gasteiger charge is 2.28. The topological polar surface area (TPSA) is 69.7 Å². The normalized spacial score (nSPS) is 19.4. The number of nitrogens with zero attached hydrogens (tertiary/aromatic N) is 2. The van der Waals surface area contributed by atoms with Crippen molar-refractivity contribution >= 4 is 15.9 Å². The number of sulfonamides is 1. The van der Waals surface area contributed by atoms with Crippen LogP contribution in [0.4, 0.5) is 0 Å². The molecule has 0 bridgehead atoms. The lowest BCUT2D eigenvalue weighted by Gasteiger charge is -2.34. The van der Waals surface area contributed by atoms with Gasteiger partial charge in [0.05, 0.1) is 4.90 Å². The van der Waals surface area contributed by atoms with Gasteiger partial charge in [0.15, 0.2) is 0 Å². The van der Waals surface area contributed by atoms with Crippen LogP contribution >= 0.6 is 0 Å². The molecular weight excluding hydrogens is 422 g/mol. The Labute approximate surface area is 191 Å². The largest absolute Gasteiger partial charge is 0.349 e. The van der Waals surface area contributed by atoms with Crippen LogP contribution in [0.1, 0.15) is 54.4 Å². The van der Waals surface area contributed by atoms with Crippen LogP contribution in [0, 0.1) is 0 Å². The zero-order valence-corrected chi connectivity index (χ0v) is 19.4. The van der Waals surface area contributed by atoms with Crippen molar-refractivity contribution in [2.75, 3.05) is 26.2 Å². The highest BCUT2D eigenvalue weighted by molar-refractivity contribution is 7.89. The second-order valence-electron chi connectivity index (χ2n) is 8.86. The lowest BCUT2D eigenvalue weighted by molar-refractivity contribution is 0.0933. The van der Waals surface area contributed by atoms with E-state index < -0.39 is 10.0 Å². The Kier molecular flexibility index (Phi) is 7.60. The molecule has 172 valence electrons. The van der Waals surface area contributed by atoms with E-state index in [0.717, 1.165) is 18.4 Å². The Morgan fingerprint density at radius 3 is 2.25 bits per heavy atom. The van der Waals surface area contributed by atoms with Gasteiger partial charge < -0.3 is 5.32 Å². The summed E-state index contributed by atoms with van der Waals surface area (Å²) >= 11 is 0. The first-order valence-corrected chi connectivity index (χ1v) is 13.1. The van der Waals surface area contributed by atoms with Crippen molar-refractivity contribution in [2.45, 2.75) is 56.0 Å². The maximum atomic E-state index is 12.8. The summed E-state index contributed by atoms with van der Waals surface area (Å²) < 4.78 is 27.2. The van der Waals surface area contributed by atoms with E-state index in [-0.39, 0.29) is 11.9 Å². The molecule has 1 aliphatic heterocycles. The molecule has 0 unspecified atom stereocenters. The van der Waals surface area contributed by atoms with Crippen LogP contribution in [-0.4, -0.2) is 55.8 Å². The lowest BCUT2D eigenvalue weighted by atomic mass is 10.1. The zero-order valence-electron chi connectivity index (χ0n) is 18.6. The van der Waals surface area contributed by atoms with E-state index in [0.29, 0.717) is 43.2 Å². The van der Waals surface area contributed by atoms with Crippen molar-refractivity contribution in [2.24, 2.45) is 0 Å². The number of benzene rings is 2. The van der Waals surface area contributed by atoms with Crippen LogP contribution in [0.5, 0.6) is 0 Å². The van der Waals surface area contributed by atoms with E-state index in [1.165, 1.54) is 25.7 Å². The van der Waals surface area contributed by atoms with E-state index in [9.17, 15) is 13.2 Å². The van der Waals surface area contributed by atoms with Crippen molar-refractivity contribution < 1.29 is 13.2 Å². The van der Waals surface area contributed by atoms with E-state index >= 15 is 0 Å². The Bertz CT molecular complexity index is 994. The molecule has 1 aliphatic carbocycles. The second kappa shape index (κ2) is 10.6. The van der Waals surface area contributed by atoms with E-state index in [1.807, 2.05) is 30.3 Å². The predicted octanol–water partition coefficient (Wildman–Crippen LogP) is 3.65. The highest BCUT2D eigenvalue weighted by Crippen LogP contribution is 2.20. The highest BCUT2D eigenvalue weighted by atomic mass is 32.2. The average molecular weight is 456 g/mol. The molecule has 2 aliphatic rings. The van der Waals surface area contributed by atoms with Gasteiger partial charge in [-0.15, -0.1) is 0 Å². The third kappa shape index (κ3) is 5.77. The number of hydrogen-bond donors (Lipinski definition) is 1. The van der Waals surface area contributed by atoms with Gasteiger partial charge in [0.25, 0.3) is 5.91 Å². The summed E-state index contributed by atoms with van der Waals surface area (Å²) in [5.41, 5.74) is 1.79. The Hall–Kier alpha value is -2.22. The smallest absolute Gasteiger partial charge is 0.251 e. The fraction of sp³-hybridized carbons (Fsp3) is 0.480. The molecule has 1 saturated carbocycles. The van der Waals surface area contributed by atoms with E-state index in [1.54, 1.807) is 28.6 Å². The lowest BCUT2D eigenvalue weighted by Crippen LogP contribution is -2.48. The summed E-state index contributed by atoms with van der Waals surface area (Å²) in [6.07, 6.45) is 7.06. The fourth-order valence-electron chi connectivity index (χ4n) is 4.63. The molecule has 2 aromatic carbocycles. The number of carbonyl (C=O) groups is 1. The quantitative estimate of drug-likeness (QED) is 0.675. The first-order valence-electron chi connectivity index (χ1n) is 11.7. The van der Waals surface area contributed by atoms with Gasteiger partial charge in [0.1, 0.15) is 0 Å². The fourth-order valence-corrected chi connectivity index (χ4v) is 6.07. The molecule has 0 spiro atoms. The molecule has 1 amide bonds. The van der Waals surface area contributed by atoms with Gasteiger partial charge in [-0.2, -0.15) is 4.31 Å². The van der Waals surface area contributed by atoms with Crippen molar-refractivity contribution in [3.8, 4) is 0 Å². The number of amides is 1. The molecule has 32 heavy (non-hydrogen) atoms. The van der Waals surface area contributed by atoms with Gasteiger partial charge in [-0.3, -0.25) is 9.69 Å². The van der Waals surface area contributed by atoms with Crippen molar-refractivity contribution in [1.82, 2.24) is 14.5 Å². The van der Waals surface area contributed by atoms with Crippen LogP contribution in [0.15, 0.2) is 59.5 Å². The summed E-state index contributed by atoms with van der Waals surface area (Å²) in [5, 5.41) is 3.22. The minimum absolute atomic E-state index is 0.0116. The summed E-state index contributed by atoms with van der Waals surface area (Å²) in [6.45, 7) is 3.00. The van der Waals surface area contributed by atoms with Gasteiger partial charge >= 0.3 is 0 Å². The number of hydrogen-bond acceptors (Lipinski definition) is 4. The Morgan fingerprint density at radius 1 is 0.875 bits per heavy atom. The van der Waals surface area contributed by atoms with Crippen LogP contribution in [0.2, 0.25) is 0 Å². The average Bonchev–Trinajstić information content (AvgIpc) is 3.09. The summed E-state index contributed by atoms with van der Waals surface area (Å²) in [7, 11) is -3.44. The third-order valence-corrected chi connectivity index (χ3v) is 8.41. The standard InChI is InChI=1S/C25H33N3O3S/c29-25(26-23-11-4-1-2-5-12-23)22-10-8-9-21(19-22)20-27-15-17-28(18-16-27)32(30,31)24-13-6-3-7-14-24/h3,6-10,13-14,19,23H,1-2,4-5,11-12,15-18,20H2,(H,26,29). The van der Waals surface area contributed by atoms with Crippen LogP contribution < -0.4 is 5.32 Å². The molecule has 2 fully saturated rings. The number of carbonyl (C=O) groups excluding carboxylic acids is 1. The maximum Gasteiger partial charge on any atom is 0.251 e. The molecule has 7 heteroatoms. The molecule has 0 atom stereocenters. The summed E-state index contributed by atoms with van der Waals surface area (Å²) in [6, 6.07) is 16.7. The molecule has 0 aromatic heterocycles. The van der Waals surface area contributed by atoms with E-state index in [2.05, 4.69) is 10.2 Å². The zero-order chi connectivity index (χ0) is 22.4. The van der Waals surface area contributed by atoms with E-state index in [4.69, 9.17) is 0 Å². The Morgan fingerprint density at radius 2 is 1.56 bits per heavy atom. The predicted molar refractivity (Wildman–Crippen MR) is 126 cm³/mol. The Balaban J connectivity index is 1.32. The minimum atomic E-state index is -3.44. The first kappa shape index (κ1) is 23.0. The van der Waals surface area contributed by atoms with Gasteiger partial charge in [-0.1, -0.05) is 56.0 Å². The van der Waals surface area contributed by atoms with Crippen molar-refractivity contribution in [1.29, 1.82) is 0 Å². The number of piperazine rings is 1. The van der Waals surface area contributed by atoms with Crippen molar-refractivity contribution in [3.05, 3.63) is 65.7 Å². The number of nitrogens with one attached hydrogen (secondary N) is 1. The second-order valence-corrected chi connectivity index (χ2v) is 10.8. The van der Waals surface area contributed by atoms with Gasteiger partial charge in [-0.05, 0) is 42.7 Å². The monoisotopic (exact) mass is 455 g/mol. The van der Waals surface area contributed by atoms with Gasteiger partial charge in [0.2, 0.25) is 10.0 Å². The molecule has 6 nitrogen and oxygen atoms in total.